The van der Waals surface area contributed by atoms with Gasteiger partial charge >= 0.3 is 0 Å². The second-order valence-electron chi connectivity index (χ2n) is 6.08. The maximum absolute atomic E-state index is 14.4. The van der Waals surface area contributed by atoms with E-state index in [1.54, 1.807) is 44.4 Å². The van der Waals surface area contributed by atoms with Crippen LogP contribution >= 0.6 is 0 Å². The Morgan fingerprint density at radius 3 is 2.85 bits per heavy atom. The van der Waals surface area contributed by atoms with Crippen LogP contribution in [0.4, 0.5) is 10.2 Å². The fraction of sp³-hybridized carbons (Fsp3) is 0.250. The zero-order valence-electron chi connectivity index (χ0n) is 15.2. The molecule has 2 heterocycles. The molecule has 2 aromatic rings. The Hall–Kier alpha value is -3.08. The van der Waals surface area contributed by atoms with E-state index >= 15 is 0 Å². The largest absolute Gasteiger partial charge is 0.495 e. The number of anilines is 1. The lowest BCUT2D eigenvalue weighted by Gasteiger charge is -2.12. The summed E-state index contributed by atoms with van der Waals surface area (Å²) in [5.41, 5.74) is 1.79. The number of fused-ring (bicyclic) bond motifs is 1. The van der Waals surface area contributed by atoms with Crippen molar-refractivity contribution in [2.24, 2.45) is 0 Å². The molecule has 1 amide bonds. The van der Waals surface area contributed by atoms with Crippen molar-refractivity contribution >= 4 is 23.2 Å². The third kappa shape index (κ3) is 3.45. The molecule has 1 aliphatic heterocycles. The van der Waals surface area contributed by atoms with Crippen molar-refractivity contribution in [2.75, 3.05) is 19.3 Å². The summed E-state index contributed by atoms with van der Waals surface area (Å²) in [6.07, 6.45) is 2.54. The van der Waals surface area contributed by atoms with E-state index in [0.29, 0.717) is 22.6 Å². The van der Waals surface area contributed by atoms with Gasteiger partial charge in [-0.15, -0.1) is 5.12 Å². The van der Waals surface area contributed by atoms with Crippen LogP contribution in [0.5, 0.6) is 5.75 Å². The van der Waals surface area contributed by atoms with Crippen molar-refractivity contribution < 1.29 is 19.1 Å². The number of nitrogens with one attached hydrogen (secondary N) is 2. The van der Waals surface area contributed by atoms with Crippen molar-refractivity contribution in [2.45, 2.75) is 19.1 Å². The summed E-state index contributed by atoms with van der Waals surface area (Å²) >= 11 is 0. The van der Waals surface area contributed by atoms with Crippen molar-refractivity contribution in [3.05, 3.63) is 47.3 Å². The number of nitrogens with zero attached hydrogens (tertiary/aromatic N) is 1. The highest BCUT2D eigenvalue weighted by Gasteiger charge is 2.35. The zero-order valence-corrected chi connectivity index (χ0v) is 15.2. The van der Waals surface area contributed by atoms with Crippen LogP contribution in [-0.4, -0.2) is 42.3 Å². The normalized spacial score (nSPS) is 16.7. The van der Waals surface area contributed by atoms with Crippen LogP contribution in [0.3, 0.4) is 0 Å². The first-order valence-electron chi connectivity index (χ1n) is 8.41. The summed E-state index contributed by atoms with van der Waals surface area (Å²) in [7, 11) is 3.21. The molecule has 0 aliphatic carbocycles. The number of aliphatic hydroxyl groups excluding tert-OH is 1. The molecule has 1 aliphatic rings. The summed E-state index contributed by atoms with van der Waals surface area (Å²) in [4.78, 5) is 15.4. The number of carbonyl (C=O) groups excluding carboxylic acids is 1. The number of benzene rings is 1. The van der Waals surface area contributed by atoms with Crippen LogP contribution in [0, 0.1) is 11.8 Å². The third-order valence-corrected chi connectivity index (χ3v) is 4.34. The topological polar surface area (TPSA) is 77.6 Å². The molecular weight excluding hydrogens is 349 g/mol. The van der Waals surface area contributed by atoms with Gasteiger partial charge in [-0.25, -0.2) is 0 Å². The highest BCUT2D eigenvalue weighted by Crippen LogP contribution is 2.40. The number of carbonyl (C=O) groups is 1. The van der Waals surface area contributed by atoms with Gasteiger partial charge in [-0.05, 0) is 38.2 Å². The van der Waals surface area contributed by atoms with Gasteiger partial charge in [0.2, 0.25) is 0 Å². The summed E-state index contributed by atoms with van der Waals surface area (Å²) in [6, 6.07) is 6.14. The number of ether oxygens (including phenoxy) is 1. The zero-order chi connectivity index (χ0) is 19.6. The Morgan fingerprint density at radius 2 is 2.19 bits per heavy atom. The molecule has 0 saturated carbocycles. The predicted molar refractivity (Wildman–Crippen MR) is 102 cm³/mol. The highest BCUT2D eigenvalue weighted by atomic mass is 19.2. The van der Waals surface area contributed by atoms with Gasteiger partial charge in [0.1, 0.15) is 5.75 Å². The van der Waals surface area contributed by atoms with Gasteiger partial charge in [-0.1, -0.05) is 22.4 Å². The number of hydrogen-bond donors (Lipinski definition) is 3. The smallest absolute Gasteiger partial charge is 0.287 e. The van der Waals surface area contributed by atoms with E-state index in [2.05, 4.69) is 22.1 Å². The summed E-state index contributed by atoms with van der Waals surface area (Å²) in [5.74, 6) is 5.66. The molecule has 3 N–H and O–H groups in total. The lowest BCUT2D eigenvalue weighted by atomic mass is 9.99. The van der Waals surface area contributed by atoms with Gasteiger partial charge in [0.05, 0.1) is 36.2 Å². The Balaban J connectivity index is 2.13. The number of aromatic amines is 1. The highest BCUT2D eigenvalue weighted by molar-refractivity contribution is 6.35. The molecule has 6 nitrogen and oxygen atoms in total. The first kappa shape index (κ1) is 18.7. The predicted octanol–water partition coefficient (Wildman–Crippen LogP) is 2.12. The molecule has 0 bridgehead atoms. The van der Waals surface area contributed by atoms with Crippen LogP contribution in [0.15, 0.2) is 30.5 Å². The van der Waals surface area contributed by atoms with Gasteiger partial charge < -0.3 is 20.1 Å². The van der Waals surface area contributed by atoms with Crippen molar-refractivity contribution in [3.8, 4) is 17.6 Å². The molecule has 3 rings (SSSR count). The van der Waals surface area contributed by atoms with Gasteiger partial charge in [0, 0.05) is 17.3 Å². The maximum Gasteiger partial charge on any atom is 0.287 e. The molecule has 0 radical (unpaired) electrons. The summed E-state index contributed by atoms with van der Waals surface area (Å²) in [5, 5.41) is 12.8. The number of rotatable bonds is 4. The van der Waals surface area contributed by atoms with E-state index in [-0.39, 0.29) is 16.4 Å². The fourth-order valence-corrected chi connectivity index (χ4v) is 2.94. The first-order chi connectivity index (χ1) is 13.0. The number of methoxy groups -OCH3 is 1. The van der Waals surface area contributed by atoms with Crippen LogP contribution in [-0.2, 0) is 4.79 Å². The second-order valence-corrected chi connectivity index (χ2v) is 6.08. The lowest BCUT2D eigenvalue weighted by Crippen LogP contribution is -2.34. The number of halogens is 1. The van der Waals surface area contributed by atoms with Crippen molar-refractivity contribution in [1.29, 1.82) is 0 Å². The van der Waals surface area contributed by atoms with Gasteiger partial charge in [0.15, 0.2) is 0 Å². The van der Waals surface area contributed by atoms with E-state index in [9.17, 15) is 14.4 Å². The Morgan fingerprint density at radius 1 is 1.41 bits per heavy atom. The molecule has 1 aromatic carbocycles. The van der Waals surface area contributed by atoms with E-state index in [4.69, 9.17) is 4.74 Å². The average Bonchev–Trinajstić information content (AvgIpc) is 3.21. The van der Waals surface area contributed by atoms with Crippen LogP contribution in [0.2, 0.25) is 0 Å². The maximum atomic E-state index is 14.4. The van der Waals surface area contributed by atoms with Gasteiger partial charge in [-0.2, -0.15) is 0 Å². The van der Waals surface area contributed by atoms with Crippen LogP contribution < -0.4 is 15.2 Å². The van der Waals surface area contributed by atoms with E-state index in [1.807, 2.05) is 0 Å². The summed E-state index contributed by atoms with van der Waals surface area (Å²) < 4.78 is 19.7. The van der Waals surface area contributed by atoms with Gasteiger partial charge in [-0.3, -0.25) is 4.79 Å². The first-order valence-corrected chi connectivity index (χ1v) is 8.41. The molecule has 140 valence electrons. The average molecular weight is 369 g/mol. The molecule has 27 heavy (non-hydrogen) atoms. The molecule has 2 atom stereocenters. The molecular formula is C20H20FN3O3. The number of hydrogen-bond acceptors (Lipinski definition) is 4. The minimum atomic E-state index is -0.767. The molecule has 1 aromatic heterocycles. The van der Waals surface area contributed by atoms with Crippen molar-refractivity contribution in [3.63, 3.8) is 0 Å². The fourth-order valence-electron chi connectivity index (χ4n) is 2.94. The number of amides is 1. The third-order valence-electron chi connectivity index (χ3n) is 4.34. The van der Waals surface area contributed by atoms with Crippen molar-refractivity contribution in [1.82, 2.24) is 10.3 Å². The number of aromatic nitrogens is 1. The molecule has 0 saturated heterocycles. The van der Waals surface area contributed by atoms with Gasteiger partial charge in [0.25, 0.3) is 5.91 Å². The Labute approximate surface area is 156 Å². The minimum Gasteiger partial charge on any atom is -0.495 e. The second kappa shape index (κ2) is 7.66. The Kier molecular flexibility index (Phi) is 5.31. The molecule has 0 fully saturated rings. The van der Waals surface area contributed by atoms with Crippen LogP contribution in [0.25, 0.3) is 11.6 Å². The molecule has 7 heteroatoms. The number of H-pyrrole nitrogens is 1. The number of likely N-dealkylation sites (N-methyl/N-ethyl adjacent to an activating group) is 1. The number of aliphatic hydroxyl groups is 1. The Bertz CT molecular complexity index is 953. The standard InChI is InChI=1S/C20H20FN3O3/c1-12(25)15(22-2)8-7-13-5-4-6-17-19(13)14(20(26)24(17)21)11-16-18(27-3)9-10-23-16/h4-6,9-12,15,22-23,25H,1-3H3/t12-,15-/m1/s1. The van der Waals surface area contributed by atoms with E-state index in [1.165, 1.54) is 13.2 Å². The quantitative estimate of drug-likeness (QED) is 0.438. The monoisotopic (exact) mass is 369 g/mol. The molecule has 0 unspecified atom stereocenters. The SMILES string of the molecule is CN[C@H](C#Cc1cccc2c1C(=Cc1[nH]ccc1OC)C(=O)N2F)[C@@H](C)O. The van der Waals surface area contributed by atoms with E-state index in [0.717, 1.165) is 0 Å². The molecule has 0 spiro atoms. The minimum absolute atomic E-state index is 0.117. The van der Waals surface area contributed by atoms with E-state index < -0.39 is 18.1 Å². The summed E-state index contributed by atoms with van der Waals surface area (Å²) in [6.45, 7) is 1.63. The van der Waals surface area contributed by atoms with Crippen LogP contribution in [0.1, 0.15) is 23.7 Å². The lowest BCUT2D eigenvalue weighted by molar-refractivity contribution is -0.115.